The van der Waals surface area contributed by atoms with Crippen molar-refractivity contribution in [2.45, 2.75) is 25.8 Å². The lowest BCUT2D eigenvalue weighted by Crippen LogP contribution is -2.20. The van der Waals surface area contributed by atoms with Gasteiger partial charge in [0.25, 0.3) is 0 Å². The molecule has 6 nitrogen and oxygen atoms in total. The van der Waals surface area contributed by atoms with Crippen LogP contribution in [-0.2, 0) is 6.54 Å². The lowest BCUT2D eigenvalue weighted by Gasteiger charge is -2.17. The predicted octanol–water partition coefficient (Wildman–Crippen LogP) is 3.04. The third-order valence-corrected chi connectivity index (χ3v) is 4.35. The molecule has 0 spiro atoms. The second kappa shape index (κ2) is 6.76. The summed E-state index contributed by atoms with van der Waals surface area (Å²) >= 11 is 6.27. The highest BCUT2D eigenvalue weighted by Crippen LogP contribution is 2.37. The number of nitrogens with zero attached hydrogens (tertiary/aromatic N) is 3. The zero-order valence-electron chi connectivity index (χ0n) is 13.5. The third kappa shape index (κ3) is 3.43. The number of methoxy groups -OCH3 is 2. The molecule has 0 saturated carbocycles. The van der Waals surface area contributed by atoms with E-state index in [1.54, 1.807) is 14.2 Å². The van der Waals surface area contributed by atoms with Gasteiger partial charge in [-0.2, -0.15) is 4.98 Å². The number of benzene rings is 1. The number of likely N-dealkylation sites (tertiary alicyclic amines) is 1. The third-order valence-electron chi connectivity index (χ3n) is 4.06. The average Bonchev–Trinajstić information content (AvgIpc) is 3.15. The Morgan fingerprint density at radius 2 is 2.17 bits per heavy atom. The molecule has 124 valence electrons. The summed E-state index contributed by atoms with van der Waals surface area (Å²) in [5.74, 6) is 2.93. The van der Waals surface area contributed by atoms with Crippen molar-refractivity contribution in [3.8, 4) is 11.5 Å². The monoisotopic (exact) mass is 337 g/mol. The Kier molecular flexibility index (Phi) is 4.73. The van der Waals surface area contributed by atoms with E-state index in [2.05, 4.69) is 15.0 Å². The summed E-state index contributed by atoms with van der Waals surface area (Å²) in [6, 6.07) is 3.89. The Morgan fingerprint density at radius 1 is 1.35 bits per heavy atom. The average molecular weight is 338 g/mol. The highest BCUT2D eigenvalue weighted by molar-refractivity contribution is 6.32. The van der Waals surface area contributed by atoms with Crippen molar-refractivity contribution in [2.75, 3.05) is 27.3 Å². The van der Waals surface area contributed by atoms with Crippen LogP contribution in [0.5, 0.6) is 11.5 Å². The van der Waals surface area contributed by atoms with E-state index >= 15 is 0 Å². The Balaban J connectivity index is 1.70. The second-order valence-electron chi connectivity index (χ2n) is 5.71. The molecule has 2 aromatic rings. The van der Waals surface area contributed by atoms with Crippen LogP contribution >= 0.6 is 11.6 Å². The van der Waals surface area contributed by atoms with Crippen molar-refractivity contribution in [3.63, 3.8) is 0 Å². The van der Waals surface area contributed by atoms with E-state index in [0.29, 0.717) is 28.3 Å². The normalized spacial score (nSPS) is 18.3. The van der Waals surface area contributed by atoms with Gasteiger partial charge in [-0.3, -0.25) is 4.90 Å². The summed E-state index contributed by atoms with van der Waals surface area (Å²) in [4.78, 5) is 6.69. The number of aryl methyl sites for hydroxylation is 1. The van der Waals surface area contributed by atoms with Crippen molar-refractivity contribution >= 4 is 11.6 Å². The molecule has 1 atom stereocenters. The Hall–Kier alpha value is -1.79. The van der Waals surface area contributed by atoms with E-state index < -0.39 is 0 Å². The van der Waals surface area contributed by atoms with Gasteiger partial charge in [-0.25, -0.2) is 0 Å². The summed E-state index contributed by atoms with van der Waals surface area (Å²) < 4.78 is 15.9. The fourth-order valence-corrected chi connectivity index (χ4v) is 3.29. The molecule has 1 unspecified atom stereocenters. The molecule has 0 bridgehead atoms. The number of hydrogen-bond donors (Lipinski definition) is 0. The smallest absolute Gasteiger partial charge is 0.231 e. The minimum absolute atomic E-state index is 0.298. The Bertz CT molecular complexity index is 689. The number of hydrogen-bond acceptors (Lipinski definition) is 6. The molecule has 0 N–H and O–H groups in total. The highest BCUT2D eigenvalue weighted by atomic mass is 35.5. The number of aromatic nitrogens is 2. The SMILES string of the molecule is COc1cc(CN2CCC(c3nc(C)no3)C2)cc(Cl)c1OC. The predicted molar refractivity (Wildman–Crippen MR) is 86.2 cm³/mol. The van der Waals surface area contributed by atoms with Gasteiger partial charge in [0.1, 0.15) is 0 Å². The first-order chi connectivity index (χ1) is 11.1. The number of ether oxygens (including phenoxy) is 2. The summed E-state index contributed by atoms with van der Waals surface area (Å²) in [5.41, 5.74) is 1.09. The van der Waals surface area contributed by atoms with Crippen LogP contribution in [0.25, 0.3) is 0 Å². The zero-order valence-corrected chi connectivity index (χ0v) is 14.3. The van der Waals surface area contributed by atoms with Crippen LogP contribution in [0.1, 0.15) is 29.6 Å². The van der Waals surface area contributed by atoms with Crippen molar-refractivity contribution < 1.29 is 14.0 Å². The number of rotatable bonds is 5. The summed E-state index contributed by atoms with van der Waals surface area (Å²) in [7, 11) is 3.20. The van der Waals surface area contributed by atoms with E-state index in [1.165, 1.54) is 0 Å². The molecule has 1 saturated heterocycles. The van der Waals surface area contributed by atoms with Crippen LogP contribution in [0.15, 0.2) is 16.7 Å². The maximum absolute atomic E-state index is 6.27. The molecule has 3 rings (SSSR count). The molecule has 1 aromatic carbocycles. The van der Waals surface area contributed by atoms with Crippen LogP contribution in [0.4, 0.5) is 0 Å². The Labute approximate surface area is 140 Å². The van der Waals surface area contributed by atoms with E-state index in [4.69, 9.17) is 25.6 Å². The van der Waals surface area contributed by atoms with Gasteiger partial charge in [0, 0.05) is 13.1 Å². The van der Waals surface area contributed by atoms with Gasteiger partial charge in [0.15, 0.2) is 17.3 Å². The van der Waals surface area contributed by atoms with Crippen LogP contribution in [0.2, 0.25) is 5.02 Å². The summed E-state index contributed by atoms with van der Waals surface area (Å²) in [6.07, 6.45) is 1.02. The van der Waals surface area contributed by atoms with E-state index in [0.717, 1.165) is 37.5 Å². The van der Waals surface area contributed by atoms with E-state index in [-0.39, 0.29) is 0 Å². The lowest BCUT2D eigenvalue weighted by molar-refractivity contribution is 0.307. The van der Waals surface area contributed by atoms with Crippen LogP contribution < -0.4 is 9.47 Å². The van der Waals surface area contributed by atoms with Gasteiger partial charge in [-0.15, -0.1) is 0 Å². The lowest BCUT2D eigenvalue weighted by atomic mass is 10.1. The molecule has 2 heterocycles. The van der Waals surface area contributed by atoms with Crippen LogP contribution in [0.3, 0.4) is 0 Å². The molecule has 23 heavy (non-hydrogen) atoms. The van der Waals surface area contributed by atoms with Gasteiger partial charge in [-0.1, -0.05) is 16.8 Å². The van der Waals surface area contributed by atoms with E-state index in [9.17, 15) is 0 Å². The molecule has 1 aromatic heterocycles. The standard InChI is InChI=1S/C16H20ClN3O3/c1-10-18-16(23-19-10)12-4-5-20(9-12)8-11-6-13(17)15(22-3)14(7-11)21-2/h6-7,12H,4-5,8-9H2,1-3H3. The zero-order chi connectivity index (χ0) is 16.4. The maximum Gasteiger partial charge on any atom is 0.231 e. The van der Waals surface area contributed by atoms with Crippen molar-refractivity contribution in [2.24, 2.45) is 0 Å². The largest absolute Gasteiger partial charge is 0.493 e. The Morgan fingerprint density at radius 3 is 2.83 bits per heavy atom. The quantitative estimate of drug-likeness (QED) is 0.835. The van der Waals surface area contributed by atoms with Gasteiger partial charge in [-0.05, 0) is 37.6 Å². The van der Waals surface area contributed by atoms with Crippen molar-refractivity contribution in [1.82, 2.24) is 15.0 Å². The van der Waals surface area contributed by atoms with E-state index in [1.807, 2.05) is 19.1 Å². The molecule has 1 aliphatic rings. The maximum atomic E-state index is 6.27. The first-order valence-electron chi connectivity index (χ1n) is 7.53. The van der Waals surface area contributed by atoms with Gasteiger partial charge in [0.2, 0.25) is 5.89 Å². The molecular formula is C16H20ClN3O3. The molecule has 0 aliphatic carbocycles. The molecule has 0 radical (unpaired) electrons. The second-order valence-corrected chi connectivity index (χ2v) is 6.12. The molecule has 1 fully saturated rings. The van der Waals surface area contributed by atoms with Crippen LogP contribution in [-0.4, -0.2) is 42.3 Å². The van der Waals surface area contributed by atoms with Gasteiger partial charge < -0.3 is 14.0 Å². The van der Waals surface area contributed by atoms with Crippen molar-refractivity contribution in [3.05, 3.63) is 34.4 Å². The fraction of sp³-hybridized carbons (Fsp3) is 0.500. The molecule has 7 heteroatoms. The van der Waals surface area contributed by atoms with Crippen molar-refractivity contribution in [1.29, 1.82) is 0 Å². The van der Waals surface area contributed by atoms with Gasteiger partial charge >= 0.3 is 0 Å². The molecule has 1 aliphatic heterocycles. The first kappa shape index (κ1) is 16.1. The molecule has 0 amide bonds. The molecular weight excluding hydrogens is 318 g/mol. The summed E-state index contributed by atoms with van der Waals surface area (Å²) in [6.45, 7) is 4.51. The fourth-order valence-electron chi connectivity index (χ4n) is 2.98. The first-order valence-corrected chi connectivity index (χ1v) is 7.91. The highest BCUT2D eigenvalue weighted by Gasteiger charge is 2.28. The minimum atomic E-state index is 0.298. The van der Waals surface area contributed by atoms with Crippen LogP contribution in [0, 0.1) is 6.92 Å². The summed E-state index contributed by atoms with van der Waals surface area (Å²) in [5, 5.41) is 4.43. The topological polar surface area (TPSA) is 60.6 Å². The van der Waals surface area contributed by atoms with Gasteiger partial charge in [0.05, 0.1) is 25.2 Å². The minimum Gasteiger partial charge on any atom is -0.493 e. The number of halogens is 1.